The third kappa shape index (κ3) is 5.18. The van der Waals surface area contributed by atoms with Gasteiger partial charge < -0.3 is 14.8 Å². The lowest BCUT2D eigenvalue weighted by Crippen LogP contribution is -2.49. The molecule has 0 spiro atoms. The van der Waals surface area contributed by atoms with Crippen molar-refractivity contribution in [2.75, 3.05) is 16.2 Å². The number of nitrogens with one attached hydrogen (secondary N) is 1. The number of nitrogens with zero attached hydrogens (tertiary/aromatic N) is 1. The summed E-state index contributed by atoms with van der Waals surface area (Å²) in [6, 6.07) is 32.0. The van der Waals surface area contributed by atoms with Gasteiger partial charge in [0.2, 0.25) is 10.0 Å². The van der Waals surface area contributed by atoms with Crippen molar-refractivity contribution >= 4 is 27.3 Å². The number of amides is 1. The van der Waals surface area contributed by atoms with Crippen LogP contribution in [0, 0.1) is 0 Å². The predicted molar refractivity (Wildman–Crippen MR) is 139 cm³/mol. The molecule has 1 amide bonds. The van der Waals surface area contributed by atoms with E-state index in [0.717, 1.165) is 0 Å². The van der Waals surface area contributed by atoms with Gasteiger partial charge in [-0.15, -0.1) is 0 Å². The van der Waals surface area contributed by atoms with Crippen LogP contribution in [0.2, 0.25) is 0 Å². The van der Waals surface area contributed by atoms with Crippen LogP contribution in [0.3, 0.4) is 0 Å². The summed E-state index contributed by atoms with van der Waals surface area (Å²) in [6.07, 6.45) is -1.06. The van der Waals surface area contributed by atoms with Crippen LogP contribution in [-0.4, -0.2) is 27.0 Å². The van der Waals surface area contributed by atoms with Crippen molar-refractivity contribution < 1.29 is 22.7 Å². The Bertz CT molecular complexity index is 1460. The van der Waals surface area contributed by atoms with Crippen LogP contribution < -0.4 is 19.1 Å². The highest BCUT2D eigenvalue weighted by Crippen LogP contribution is 2.36. The molecule has 1 heterocycles. The fourth-order valence-electron chi connectivity index (χ4n) is 3.95. The summed E-state index contributed by atoms with van der Waals surface area (Å²) in [5.74, 6) is 0.745. The average molecular weight is 501 g/mol. The number of carbonyl (C=O) groups is 1. The van der Waals surface area contributed by atoms with Gasteiger partial charge >= 0.3 is 0 Å². The molecule has 1 N–H and O–H groups in total. The number of para-hydroxylation sites is 5. The van der Waals surface area contributed by atoms with Crippen molar-refractivity contribution in [1.29, 1.82) is 0 Å². The number of sulfonamides is 1. The maximum atomic E-state index is 13.4. The number of hydrogen-bond acceptors (Lipinski definition) is 5. The Kier molecular flexibility index (Phi) is 6.60. The monoisotopic (exact) mass is 500 g/mol. The van der Waals surface area contributed by atoms with Gasteiger partial charge in [0.05, 0.1) is 23.7 Å². The standard InChI is InChI=1S/C28H24N2O5S/c31-28(29-23-15-7-9-17-25(23)34-22-13-5-2-6-14-22)27-19-30(24-16-8-10-18-26(24)35-27)36(32,33)20-21-11-3-1-4-12-21/h1-18,27H,19-20H2,(H,29,31). The van der Waals surface area contributed by atoms with Crippen LogP contribution in [0.25, 0.3) is 0 Å². The maximum Gasteiger partial charge on any atom is 0.267 e. The zero-order chi connectivity index (χ0) is 25.0. The van der Waals surface area contributed by atoms with Gasteiger partial charge in [-0.1, -0.05) is 72.8 Å². The maximum absolute atomic E-state index is 13.4. The number of anilines is 2. The Morgan fingerprint density at radius 3 is 2.28 bits per heavy atom. The van der Waals surface area contributed by atoms with Crippen molar-refractivity contribution in [3.63, 3.8) is 0 Å². The Labute approximate surface area is 210 Å². The van der Waals surface area contributed by atoms with E-state index in [-0.39, 0.29) is 12.3 Å². The first-order valence-corrected chi connectivity index (χ1v) is 13.0. The molecule has 0 saturated carbocycles. The van der Waals surface area contributed by atoms with Gasteiger partial charge in [0.25, 0.3) is 5.91 Å². The Morgan fingerprint density at radius 1 is 0.861 bits per heavy atom. The van der Waals surface area contributed by atoms with Crippen molar-refractivity contribution in [2.45, 2.75) is 11.9 Å². The number of benzene rings is 4. The summed E-state index contributed by atoms with van der Waals surface area (Å²) in [6.45, 7) is -0.153. The minimum Gasteiger partial charge on any atom is -0.476 e. The van der Waals surface area contributed by atoms with Crippen molar-refractivity contribution in [3.05, 3.63) is 115 Å². The summed E-state index contributed by atoms with van der Waals surface area (Å²) >= 11 is 0. The van der Waals surface area contributed by atoms with E-state index in [1.165, 1.54) is 4.31 Å². The van der Waals surface area contributed by atoms with E-state index in [9.17, 15) is 13.2 Å². The van der Waals surface area contributed by atoms with E-state index in [0.29, 0.717) is 34.2 Å². The summed E-state index contributed by atoms with van der Waals surface area (Å²) in [5, 5.41) is 2.84. The molecular weight excluding hydrogens is 476 g/mol. The third-order valence-electron chi connectivity index (χ3n) is 5.67. The van der Waals surface area contributed by atoms with Crippen molar-refractivity contribution in [3.8, 4) is 17.2 Å². The first-order valence-electron chi connectivity index (χ1n) is 11.4. The molecular formula is C28H24N2O5S. The fourth-order valence-corrected chi connectivity index (χ4v) is 5.54. The fraction of sp³-hybridized carbons (Fsp3) is 0.107. The molecule has 36 heavy (non-hydrogen) atoms. The molecule has 1 aliphatic rings. The molecule has 0 saturated heterocycles. The van der Waals surface area contributed by atoms with Crippen LogP contribution in [0.5, 0.6) is 17.2 Å². The second-order valence-electron chi connectivity index (χ2n) is 8.25. The van der Waals surface area contributed by atoms with Gasteiger partial charge in [-0.05, 0) is 42.0 Å². The number of hydrogen-bond donors (Lipinski definition) is 1. The lowest BCUT2D eigenvalue weighted by atomic mass is 10.2. The van der Waals surface area contributed by atoms with Gasteiger partial charge in [-0.3, -0.25) is 9.10 Å². The van der Waals surface area contributed by atoms with Gasteiger partial charge in [0, 0.05) is 0 Å². The smallest absolute Gasteiger partial charge is 0.267 e. The summed E-state index contributed by atoms with van der Waals surface area (Å²) in [5.41, 5.74) is 1.52. The number of fused-ring (bicyclic) bond motifs is 1. The highest BCUT2D eigenvalue weighted by Gasteiger charge is 2.37. The zero-order valence-electron chi connectivity index (χ0n) is 19.3. The predicted octanol–water partition coefficient (Wildman–Crippen LogP) is 5.22. The molecule has 4 aromatic rings. The van der Waals surface area contributed by atoms with Gasteiger partial charge in [0.1, 0.15) is 11.5 Å². The average Bonchev–Trinajstić information content (AvgIpc) is 2.90. The molecule has 0 bridgehead atoms. The van der Waals surface area contributed by atoms with Gasteiger partial charge in [-0.2, -0.15) is 0 Å². The van der Waals surface area contributed by atoms with E-state index >= 15 is 0 Å². The largest absolute Gasteiger partial charge is 0.476 e. The van der Waals surface area contributed by atoms with E-state index in [1.807, 2.05) is 36.4 Å². The van der Waals surface area contributed by atoms with Crippen molar-refractivity contribution in [2.24, 2.45) is 0 Å². The van der Waals surface area contributed by atoms with E-state index in [1.54, 1.807) is 72.8 Å². The molecule has 5 rings (SSSR count). The highest BCUT2D eigenvalue weighted by atomic mass is 32.2. The molecule has 0 aliphatic carbocycles. The van der Waals surface area contributed by atoms with Crippen LogP contribution in [0.15, 0.2) is 109 Å². The molecule has 0 radical (unpaired) electrons. The minimum atomic E-state index is -3.79. The number of ether oxygens (including phenoxy) is 2. The van der Waals surface area contributed by atoms with E-state index in [2.05, 4.69) is 5.32 Å². The normalized spacial score (nSPS) is 14.9. The quantitative estimate of drug-likeness (QED) is 0.376. The van der Waals surface area contributed by atoms with Crippen LogP contribution in [-0.2, 0) is 20.6 Å². The molecule has 1 atom stereocenters. The number of rotatable bonds is 7. The molecule has 1 unspecified atom stereocenters. The first-order chi connectivity index (χ1) is 17.5. The summed E-state index contributed by atoms with van der Waals surface area (Å²) in [7, 11) is -3.79. The SMILES string of the molecule is O=C(Nc1ccccc1Oc1ccccc1)C1CN(S(=O)(=O)Cc2ccccc2)c2ccccc2O1. The van der Waals surface area contributed by atoms with Gasteiger partial charge in [-0.25, -0.2) is 8.42 Å². The Hall–Kier alpha value is -4.30. The highest BCUT2D eigenvalue weighted by molar-refractivity contribution is 7.92. The van der Waals surface area contributed by atoms with Crippen LogP contribution in [0.4, 0.5) is 11.4 Å². The second kappa shape index (κ2) is 10.1. The molecule has 182 valence electrons. The second-order valence-corrected chi connectivity index (χ2v) is 10.1. The van der Waals surface area contributed by atoms with Crippen LogP contribution in [0.1, 0.15) is 5.56 Å². The van der Waals surface area contributed by atoms with E-state index < -0.39 is 22.0 Å². The molecule has 7 nitrogen and oxygen atoms in total. The Balaban J connectivity index is 1.39. The minimum absolute atomic E-state index is 0.153. The molecule has 8 heteroatoms. The topological polar surface area (TPSA) is 84.9 Å². The van der Waals surface area contributed by atoms with Gasteiger partial charge in [0.15, 0.2) is 11.9 Å². The Morgan fingerprint density at radius 2 is 1.50 bits per heavy atom. The first kappa shape index (κ1) is 23.4. The summed E-state index contributed by atoms with van der Waals surface area (Å²) < 4.78 is 40.0. The zero-order valence-corrected chi connectivity index (χ0v) is 20.1. The molecule has 0 fully saturated rings. The van der Waals surface area contributed by atoms with E-state index in [4.69, 9.17) is 9.47 Å². The lowest BCUT2D eigenvalue weighted by molar-refractivity contribution is -0.122. The molecule has 0 aromatic heterocycles. The molecule has 4 aromatic carbocycles. The number of carbonyl (C=O) groups excluding carboxylic acids is 1. The third-order valence-corrected chi connectivity index (χ3v) is 7.39. The summed E-state index contributed by atoms with van der Waals surface area (Å²) in [4.78, 5) is 13.3. The molecule has 1 aliphatic heterocycles. The van der Waals surface area contributed by atoms with Crippen molar-refractivity contribution in [1.82, 2.24) is 0 Å². The van der Waals surface area contributed by atoms with Crippen LogP contribution >= 0.6 is 0 Å². The lowest BCUT2D eigenvalue weighted by Gasteiger charge is -2.34.